The second-order valence-electron chi connectivity index (χ2n) is 14.5. The monoisotopic (exact) mass is 567 g/mol. The van der Waals surface area contributed by atoms with Crippen molar-refractivity contribution in [1.82, 2.24) is 4.98 Å². The SMILES string of the molecule is CCC1(CCOC(C)C=C(C)OC)c2ccccc2-c2c3c(c4cc(C(C)(C)C)ncc4[n+]2C1(C)CC)C1CCC3C1. The van der Waals surface area contributed by atoms with Crippen molar-refractivity contribution in [3.05, 3.63) is 70.7 Å². The summed E-state index contributed by atoms with van der Waals surface area (Å²) >= 11 is 0. The molecule has 2 aliphatic carbocycles. The second kappa shape index (κ2) is 10.5. The molecule has 0 spiro atoms. The van der Waals surface area contributed by atoms with Crippen molar-refractivity contribution in [3.63, 3.8) is 0 Å². The molecular weight excluding hydrogens is 516 g/mol. The summed E-state index contributed by atoms with van der Waals surface area (Å²) < 4.78 is 14.6. The molecule has 0 amide bonds. The highest BCUT2D eigenvalue weighted by atomic mass is 16.5. The highest BCUT2D eigenvalue weighted by molar-refractivity contribution is 5.87. The molecule has 5 unspecified atom stereocenters. The summed E-state index contributed by atoms with van der Waals surface area (Å²) in [5, 5.41) is 1.45. The summed E-state index contributed by atoms with van der Waals surface area (Å²) in [6, 6.07) is 11.8. The molecule has 0 N–H and O–H groups in total. The summed E-state index contributed by atoms with van der Waals surface area (Å²) in [5.74, 6) is 2.23. The van der Waals surface area contributed by atoms with Gasteiger partial charge in [0.2, 0.25) is 11.2 Å². The van der Waals surface area contributed by atoms with Crippen LogP contribution in [0.15, 0.2) is 48.4 Å². The Bertz CT molecular complexity index is 1550. The molecule has 5 atom stereocenters. The Kier molecular flexibility index (Phi) is 7.32. The normalized spacial score (nSPS) is 27.1. The van der Waals surface area contributed by atoms with Gasteiger partial charge in [0.15, 0.2) is 5.54 Å². The van der Waals surface area contributed by atoms with Gasteiger partial charge in [-0.2, -0.15) is 4.57 Å². The van der Waals surface area contributed by atoms with Crippen LogP contribution < -0.4 is 4.57 Å². The van der Waals surface area contributed by atoms with E-state index in [0.29, 0.717) is 18.4 Å². The first kappa shape index (κ1) is 29.4. The smallest absolute Gasteiger partial charge is 0.232 e. The Labute approximate surface area is 253 Å². The van der Waals surface area contributed by atoms with E-state index in [4.69, 9.17) is 14.5 Å². The standard InChI is InChI=1S/C38H51N2O2/c1-10-37(8)38(11-2,18-19-42-25(4)20-24(3)41-9)30-15-13-12-14-28(30)35-34-27-17-16-26(21-27)33(34)29-22-32(36(5,6)7)39-23-31(29)40(35)37/h12-15,20,22-23,25-27H,10-11,16-19,21H2,1-9H3/q+1. The Morgan fingerprint density at radius 2 is 1.83 bits per heavy atom. The Hall–Kier alpha value is -2.72. The quantitative estimate of drug-likeness (QED) is 0.201. The molecule has 4 heteroatoms. The number of rotatable bonds is 8. The summed E-state index contributed by atoms with van der Waals surface area (Å²) in [6.07, 6.45) is 11.3. The van der Waals surface area contributed by atoms with Crippen molar-refractivity contribution in [2.45, 2.75) is 128 Å². The van der Waals surface area contributed by atoms with Crippen LogP contribution in [-0.2, 0) is 25.8 Å². The molecule has 1 aliphatic heterocycles. The molecule has 3 aromatic rings. The van der Waals surface area contributed by atoms with Gasteiger partial charge >= 0.3 is 0 Å². The summed E-state index contributed by atoms with van der Waals surface area (Å²) in [7, 11) is 1.72. The molecule has 1 aromatic carbocycles. The fourth-order valence-electron chi connectivity index (χ4n) is 9.03. The van der Waals surface area contributed by atoms with Crippen LogP contribution in [-0.4, -0.2) is 24.8 Å². The van der Waals surface area contributed by atoms with Crippen LogP contribution in [0.3, 0.4) is 0 Å². The van der Waals surface area contributed by atoms with Crippen LogP contribution in [0, 0.1) is 0 Å². The first-order valence-corrected chi connectivity index (χ1v) is 16.4. The van der Waals surface area contributed by atoms with Crippen LogP contribution in [0.5, 0.6) is 0 Å². The number of hydrogen-bond acceptors (Lipinski definition) is 3. The first-order chi connectivity index (χ1) is 20.0. The van der Waals surface area contributed by atoms with Crippen LogP contribution in [0.4, 0.5) is 0 Å². The molecule has 3 heterocycles. The van der Waals surface area contributed by atoms with Gasteiger partial charge in [0.25, 0.3) is 0 Å². The molecule has 2 aromatic heterocycles. The van der Waals surface area contributed by atoms with E-state index >= 15 is 0 Å². The highest BCUT2D eigenvalue weighted by Gasteiger charge is 2.61. The van der Waals surface area contributed by atoms with E-state index in [1.54, 1.807) is 18.2 Å². The van der Waals surface area contributed by atoms with Gasteiger partial charge in [-0.15, -0.1) is 0 Å². The van der Waals surface area contributed by atoms with Gasteiger partial charge in [-0.1, -0.05) is 52.8 Å². The van der Waals surface area contributed by atoms with Crippen LogP contribution in [0.1, 0.15) is 128 Å². The molecule has 6 rings (SSSR count). The number of methoxy groups -OCH3 is 1. The first-order valence-electron chi connectivity index (χ1n) is 16.4. The van der Waals surface area contributed by atoms with Gasteiger partial charge in [-0.3, -0.25) is 4.98 Å². The minimum atomic E-state index is -0.142. The third kappa shape index (κ3) is 4.19. The lowest BCUT2D eigenvalue weighted by Crippen LogP contribution is -2.69. The van der Waals surface area contributed by atoms with Crippen molar-refractivity contribution in [1.29, 1.82) is 0 Å². The maximum Gasteiger partial charge on any atom is 0.232 e. The van der Waals surface area contributed by atoms with Gasteiger partial charge in [0, 0.05) is 36.6 Å². The van der Waals surface area contributed by atoms with Gasteiger partial charge in [0.05, 0.1) is 41.5 Å². The third-order valence-corrected chi connectivity index (χ3v) is 11.4. The van der Waals surface area contributed by atoms with Crippen molar-refractivity contribution < 1.29 is 14.0 Å². The lowest BCUT2D eigenvalue weighted by atomic mass is 9.57. The van der Waals surface area contributed by atoms with E-state index in [1.165, 1.54) is 52.7 Å². The number of nitrogens with zero attached hydrogens (tertiary/aromatic N) is 2. The third-order valence-electron chi connectivity index (χ3n) is 11.4. The zero-order chi connectivity index (χ0) is 30.0. The summed E-state index contributed by atoms with van der Waals surface area (Å²) in [6.45, 7) is 19.0. The summed E-state index contributed by atoms with van der Waals surface area (Å²) in [5.41, 5.74) is 9.98. The number of pyridine rings is 2. The molecule has 1 saturated carbocycles. The van der Waals surface area contributed by atoms with Crippen molar-refractivity contribution in [2.75, 3.05) is 13.7 Å². The largest absolute Gasteiger partial charge is 0.502 e. The zero-order valence-electron chi connectivity index (χ0n) is 27.4. The molecular formula is C38H51N2O2+. The number of benzene rings is 1. The van der Waals surface area contributed by atoms with Crippen LogP contribution in [0.2, 0.25) is 0 Å². The predicted octanol–water partition coefficient (Wildman–Crippen LogP) is 8.98. The maximum absolute atomic E-state index is 6.46. The van der Waals surface area contributed by atoms with Gasteiger partial charge in [-0.05, 0) is 87.1 Å². The molecule has 224 valence electrons. The maximum atomic E-state index is 6.46. The average Bonchev–Trinajstić information content (AvgIpc) is 3.60. The lowest BCUT2D eigenvalue weighted by molar-refractivity contribution is -0.744. The fraction of sp³-hybridized carbons (Fsp3) is 0.579. The molecule has 0 radical (unpaired) electrons. The van der Waals surface area contributed by atoms with E-state index in [2.05, 4.69) is 95.6 Å². The Morgan fingerprint density at radius 3 is 2.50 bits per heavy atom. The van der Waals surface area contributed by atoms with E-state index in [0.717, 1.165) is 25.0 Å². The molecule has 2 bridgehead atoms. The van der Waals surface area contributed by atoms with E-state index < -0.39 is 0 Å². The molecule has 0 saturated heterocycles. The highest BCUT2D eigenvalue weighted by Crippen LogP contribution is 2.60. The van der Waals surface area contributed by atoms with Gasteiger partial charge < -0.3 is 9.47 Å². The zero-order valence-corrected chi connectivity index (χ0v) is 27.4. The molecule has 3 aliphatic rings. The number of allylic oxidation sites excluding steroid dienone is 1. The molecule has 4 nitrogen and oxygen atoms in total. The van der Waals surface area contributed by atoms with E-state index in [1.807, 2.05) is 6.92 Å². The minimum absolute atomic E-state index is 0.00480. The van der Waals surface area contributed by atoms with Crippen LogP contribution >= 0.6 is 0 Å². The van der Waals surface area contributed by atoms with E-state index in [9.17, 15) is 0 Å². The Morgan fingerprint density at radius 1 is 1.12 bits per heavy atom. The van der Waals surface area contributed by atoms with Crippen molar-refractivity contribution in [2.24, 2.45) is 0 Å². The minimum Gasteiger partial charge on any atom is -0.502 e. The fourth-order valence-corrected chi connectivity index (χ4v) is 9.03. The van der Waals surface area contributed by atoms with Crippen molar-refractivity contribution in [3.8, 4) is 11.3 Å². The molecule has 42 heavy (non-hydrogen) atoms. The van der Waals surface area contributed by atoms with E-state index in [-0.39, 0.29) is 22.5 Å². The van der Waals surface area contributed by atoms with Gasteiger partial charge in [-0.25, -0.2) is 0 Å². The average molecular weight is 568 g/mol. The lowest BCUT2D eigenvalue weighted by Gasteiger charge is -2.49. The number of aromatic nitrogens is 2. The second-order valence-corrected chi connectivity index (χ2v) is 14.5. The van der Waals surface area contributed by atoms with Gasteiger partial charge in [0.1, 0.15) is 0 Å². The number of hydrogen-bond donors (Lipinski definition) is 0. The predicted molar refractivity (Wildman–Crippen MR) is 172 cm³/mol. The number of fused-ring (bicyclic) bond motifs is 12. The number of ether oxygens (including phenoxy) is 2. The topological polar surface area (TPSA) is 35.2 Å². The Balaban J connectivity index is 1.61. The summed E-state index contributed by atoms with van der Waals surface area (Å²) in [4.78, 5) is 5.16. The van der Waals surface area contributed by atoms with Crippen LogP contribution in [0.25, 0.3) is 22.2 Å². The molecule has 1 fully saturated rings. The van der Waals surface area contributed by atoms with Crippen molar-refractivity contribution >= 4 is 10.9 Å².